The van der Waals surface area contributed by atoms with Crippen LogP contribution in [-0.4, -0.2) is 25.3 Å². The first kappa shape index (κ1) is 13.8. The Hall–Kier alpha value is -2.20. The van der Waals surface area contributed by atoms with Crippen molar-refractivity contribution in [1.29, 1.82) is 0 Å². The molecule has 108 valence electrons. The molecular formula is C16H14ClNO3. The predicted octanol–water partition coefficient (Wildman–Crippen LogP) is 3.74. The molecule has 0 bridgehead atoms. The van der Waals surface area contributed by atoms with Crippen molar-refractivity contribution in [2.24, 2.45) is 0 Å². The van der Waals surface area contributed by atoms with Gasteiger partial charge in [0.15, 0.2) is 6.10 Å². The molecule has 2 aromatic rings. The van der Waals surface area contributed by atoms with E-state index < -0.39 is 0 Å². The number of carbonyl (C=O) groups excluding carboxylic acids is 1. The van der Waals surface area contributed by atoms with Crippen LogP contribution in [0.3, 0.4) is 0 Å². The molecule has 0 aromatic heterocycles. The number of amides is 1. The lowest BCUT2D eigenvalue weighted by molar-refractivity contribution is 0.105. The van der Waals surface area contributed by atoms with E-state index in [1.165, 1.54) is 0 Å². The third-order valence-electron chi connectivity index (χ3n) is 3.19. The second-order valence-electron chi connectivity index (χ2n) is 4.72. The maximum atomic E-state index is 11.9. The highest BCUT2D eigenvalue weighted by molar-refractivity contribution is 6.30. The van der Waals surface area contributed by atoms with Gasteiger partial charge in [-0.05, 0) is 36.4 Å². The highest BCUT2D eigenvalue weighted by Crippen LogP contribution is 2.23. The molecule has 0 spiro atoms. The molecule has 1 amide bonds. The molecule has 1 aliphatic rings. The number of hydrogen-bond acceptors (Lipinski definition) is 3. The van der Waals surface area contributed by atoms with Gasteiger partial charge in [-0.1, -0.05) is 29.8 Å². The normalized spacial score (nSPS) is 17.7. The second-order valence-corrected chi connectivity index (χ2v) is 5.15. The number of hydrogen-bond donors (Lipinski definition) is 0. The molecule has 3 rings (SSSR count). The fraction of sp³-hybridized carbons (Fsp3) is 0.188. The zero-order chi connectivity index (χ0) is 14.7. The molecule has 1 fully saturated rings. The number of nitrogens with zero attached hydrogens (tertiary/aromatic N) is 1. The summed E-state index contributed by atoms with van der Waals surface area (Å²) in [4.78, 5) is 13.5. The van der Waals surface area contributed by atoms with Gasteiger partial charge in [-0.3, -0.25) is 4.90 Å². The van der Waals surface area contributed by atoms with Crippen LogP contribution in [-0.2, 0) is 4.74 Å². The summed E-state index contributed by atoms with van der Waals surface area (Å²) in [7, 11) is 0. The van der Waals surface area contributed by atoms with Gasteiger partial charge >= 0.3 is 6.09 Å². The van der Waals surface area contributed by atoms with Crippen LogP contribution in [0, 0.1) is 0 Å². The molecule has 0 saturated carbocycles. The summed E-state index contributed by atoms with van der Waals surface area (Å²) in [6.45, 7) is 0.799. The third-order valence-corrected chi connectivity index (χ3v) is 3.44. The number of para-hydroxylation sites is 1. The van der Waals surface area contributed by atoms with Crippen molar-refractivity contribution >= 4 is 23.4 Å². The minimum Gasteiger partial charge on any atom is -0.490 e. The van der Waals surface area contributed by atoms with E-state index in [0.717, 1.165) is 11.4 Å². The minimum absolute atomic E-state index is 0.284. The fourth-order valence-electron chi connectivity index (χ4n) is 2.15. The van der Waals surface area contributed by atoms with Gasteiger partial charge in [0.1, 0.15) is 12.4 Å². The Labute approximate surface area is 127 Å². The van der Waals surface area contributed by atoms with Gasteiger partial charge in [0.2, 0.25) is 0 Å². The number of rotatable bonds is 4. The van der Waals surface area contributed by atoms with E-state index in [9.17, 15) is 4.79 Å². The Bertz CT molecular complexity index is 615. The van der Waals surface area contributed by atoms with Gasteiger partial charge in [-0.25, -0.2) is 4.79 Å². The topological polar surface area (TPSA) is 38.8 Å². The van der Waals surface area contributed by atoms with Gasteiger partial charge in [0.25, 0.3) is 0 Å². The lowest BCUT2D eigenvalue weighted by Crippen LogP contribution is -2.26. The van der Waals surface area contributed by atoms with E-state index in [4.69, 9.17) is 21.1 Å². The van der Waals surface area contributed by atoms with Crippen LogP contribution in [0.1, 0.15) is 0 Å². The van der Waals surface area contributed by atoms with Crippen molar-refractivity contribution in [3.05, 3.63) is 59.6 Å². The van der Waals surface area contributed by atoms with E-state index >= 15 is 0 Å². The molecule has 0 radical (unpaired) electrons. The van der Waals surface area contributed by atoms with E-state index in [1.54, 1.807) is 29.2 Å². The van der Waals surface area contributed by atoms with Gasteiger partial charge in [-0.15, -0.1) is 0 Å². The van der Waals surface area contributed by atoms with E-state index in [1.807, 2.05) is 30.3 Å². The zero-order valence-electron chi connectivity index (χ0n) is 11.2. The maximum absolute atomic E-state index is 11.9. The maximum Gasteiger partial charge on any atom is 0.414 e. The van der Waals surface area contributed by atoms with Crippen LogP contribution in [0.25, 0.3) is 0 Å². The van der Waals surface area contributed by atoms with Crippen molar-refractivity contribution in [3.8, 4) is 5.75 Å². The fourth-order valence-corrected chi connectivity index (χ4v) is 2.27. The van der Waals surface area contributed by atoms with Crippen LogP contribution in [0.4, 0.5) is 10.5 Å². The SMILES string of the molecule is O=C1OC(COc2ccccc2)CN1c1ccc(Cl)cc1. The Morgan fingerprint density at radius 3 is 2.57 bits per heavy atom. The largest absolute Gasteiger partial charge is 0.490 e. The molecular weight excluding hydrogens is 290 g/mol. The summed E-state index contributed by atoms with van der Waals surface area (Å²) >= 11 is 5.85. The highest BCUT2D eigenvalue weighted by Gasteiger charge is 2.32. The van der Waals surface area contributed by atoms with Crippen molar-refractivity contribution < 1.29 is 14.3 Å². The quantitative estimate of drug-likeness (QED) is 0.863. The van der Waals surface area contributed by atoms with Crippen molar-refractivity contribution in [3.63, 3.8) is 0 Å². The van der Waals surface area contributed by atoms with Crippen molar-refractivity contribution in [2.75, 3.05) is 18.1 Å². The molecule has 1 heterocycles. The Morgan fingerprint density at radius 2 is 1.86 bits per heavy atom. The first-order chi connectivity index (χ1) is 10.2. The van der Waals surface area contributed by atoms with E-state index in [2.05, 4.69) is 0 Å². The summed E-state index contributed by atoms with van der Waals surface area (Å²) in [5.74, 6) is 0.762. The molecule has 1 aliphatic heterocycles. The van der Waals surface area contributed by atoms with Gasteiger partial charge in [0.05, 0.1) is 6.54 Å². The van der Waals surface area contributed by atoms with Crippen LogP contribution in [0.2, 0.25) is 5.02 Å². The average molecular weight is 304 g/mol. The molecule has 1 saturated heterocycles. The molecule has 2 aromatic carbocycles. The summed E-state index contributed by atoms with van der Waals surface area (Å²) in [6.07, 6.45) is -0.646. The number of halogens is 1. The number of cyclic esters (lactones) is 1. The molecule has 0 aliphatic carbocycles. The van der Waals surface area contributed by atoms with Crippen LogP contribution in [0.5, 0.6) is 5.75 Å². The summed E-state index contributed by atoms with van der Waals surface area (Å²) in [6, 6.07) is 16.5. The summed E-state index contributed by atoms with van der Waals surface area (Å²) in [5, 5.41) is 0.635. The third kappa shape index (κ3) is 3.28. The zero-order valence-corrected chi connectivity index (χ0v) is 12.0. The van der Waals surface area contributed by atoms with Gasteiger partial charge in [-0.2, -0.15) is 0 Å². The van der Waals surface area contributed by atoms with E-state index in [-0.39, 0.29) is 12.2 Å². The Kier molecular flexibility index (Phi) is 3.97. The lowest BCUT2D eigenvalue weighted by Gasteiger charge is -2.13. The van der Waals surface area contributed by atoms with Crippen LogP contribution in [0.15, 0.2) is 54.6 Å². The number of ether oxygens (including phenoxy) is 2. The lowest BCUT2D eigenvalue weighted by atomic mass is 10.3. The Morgan fingerprint density at radius 1 is 1.14 bits per heavy atom. The standard InChI is InChI=1S/C16H14ClNO3/c17-12-6-8-13(9-7-12)18-10-15(21-16(18)19)11-20-14-4-2-1-3-5-14/h1-9,15H,10-11H2. The predicted molar refractivity (Wildman–Crippen MR) is 81.0 cm³/mol. The molecule has 0 N–H and O–H groups in total. The number of anilines is 1. The molecule has 4 nitrogen and oxygen atoms in total. The second kappa shape index (κ2) is 6.06. The van der Waals surface area contributed by atoms with Crippen LogP contribution < -0.4 is 9.64 Å². The van der Waals surface area contributed by atoms with Crippen molar-refractivity contribution in [1.82, 2.24) is 0 Å². The summed E-state index contributed by atoms with van der Waals surface area (Å²) < 4.78 is 10.9. The molecule has 1 unspecified atom stereocenters. The first-order valence-electron chi connectivity index (χ1n) is 6.64. The van der Waals surface area contributed by atoms with E-state index in [0.29, 0.717) is 18.2 Å². The number of carbonyl (C=O) groups is 1. The first-order valence-corrected chi connectivity index (χ1v) is 7.02. The molecule has 1 atom stereocenters. The highest BCUT2D eigenvalue weighted by atomic mass is 35.5. The molecule has 5 heteroatoms. The molecule has 21 heavy (non-hydrogen) atoms. The van der Waals surface area contributed by atoms with Crippen molar-refractivity contribution in [2.45, 2.75) is 6.10 Å². The monoisotopic (exact) mass is 303 g/mol. The van der Waals surface area contributed by atoms with Crippen LogP contribution >= 0.6 is 11.6 Å². The Balaban J connectivity index is 1.61. The number of benzene rings is 2. The smallest absolute Gasteiger partial charge is 0.414 e. The summed E-state index contributed by atoms with van der Waals surface area (Å²) in [5.41, 5.74) is 0.770. The van der Waals surface area contributed by atoms with Gasteiger partial charge < -0.3 is 9.47 Å². The van der Waals surface area contributed by atoms with Gasteiger partial charge in [0, 0.05) is 10.7 Å². The average Bonchev–Trinajstić information content (AvgIpc) is 2.88. The minimum atomic E-state index is -0.362.